The Morgan fingerprint density at radius 3 is 2.11 bits per heavy atom. The average Bonchev–Trinajstić information content (AvgIpc) is 2.27. The molecule has 0 saturated carbocycles. The maximum Gasteiger partial charge on any atom is 0.233 e. The van der Waals surface area contributed by atoms with Crippen molar-refractivity contribution in [1.82, 2.24) is 4.90 Å². The summed E-state index contributed by atoms with van der Waals surface area (Å²) in [5.74, 6) is 0.700. The fraction of sp³-hybridized carbons (Fsp3) is 0.500. The normalized spacial score (nSPS) is 11.1. The predicted molar refractivity (Wildman–Crippen MR) is 82.0 cm³/mol. The van der Waals surface area contributed by atoms with Crippen LogP contribution in [0.2, 0.25) is 0 Å². The van der Waals surface area contributed by atoms with E-state index in [-0.39, 0.29) is 18.0 Å². The summed E-state index contributed by atoms with van der Waals surface area (Å²) in [6.07, 6.45) is 0. The van der Waals surface area contributed by atoms with Crippen molar-refractivity contribution in [2.24, 2.45) is 0 Å². The monoisotopic (exact) mass is 329 g/mol. The van der Waals surface area contributed by atoms with Gasteiger partial charge in [-0.25, -0.2) is 0 Å². The highest BCUT2D eigenvalue weighted by Gasteiger charge is 2.19. The van der Waals surface area contributed by atoms with E-state index in [4.69, 9.17) is 0 Å². The predicted octanol–water partition coefficient (Wildman–Crippen LogP) is 4.19. The first-order chi connectivity index (χ1) is 8.41. The zero-order valence-corrected chi connectivity index (χ0v) is 13.7. The van der Waals surface area contributed by atoms with Gasteiger partial charge in [0.15, 0.2) is 0 Å². The van der Waals surface area contributed by atoms with Gasteiger partial charge in [-0.2, -0.15) is 0 Å². The van der Waals surface area contributed by atoms with E-state index in [9.17, 15) is 4.79 Å². The number of carbonyl (C=O) groups excluding carboxylic acids is 1. The van der Waals surface area contributed by atoms with Crippen LogP contribution in [0.3, 0.4) is 0 Å². The highest BCUT2D eigenvalue weighted by molar-refractivity contribution is 9.10. The number of hydrogen-bond donors (Lipinski definition) is 0. The molecule has 100 valence electrons. The fourth-order valence-corrected chi connectivity index (χ4v) is 2.95. The van der Waals surface area contributed by atoms with Gasteiger partial charge in [0.25, 0.3) is 0 Å². The molecule has 0 aliphatic carbocycles. The second-order valence-electron chi connectivity index (χ2n) is 4.73. The van der Waals surface area contributed by atoms with Crippen molar-refractivity contribution in [3.63, 3.8) is 0 Å². The first-order valence-corrected chi connectivity index (χ1v) is 7.89. The van der Waals surface area contributed by atoms with Gasteiger partial charge < -0.3 is 4.90 Å². The third-order valence-corrected chi connectivity index (χ3v) is 4.10. The molecule has 1 rings (SSSR count). The van der Waals surface area contributed by atoms with Gasteiger partial charge in [0.05, 0.1) is 5.75 Å². The average molecular weight is 330 g/mol. The van der Waals surface area contributed by atoms with Crippen LogP contribution in [-0.2, 0) is 4.79 Å². The summed E-state index contributed by atoms with van der Waals surface area (Å²) in [7, 11) is 0. The van der Waals surface area contributed by atoms with Gasteiger partial charge in [0.2, 0.25) is 5.91 Å². The molecule has 0 heterocycles. The molecule has 0 saturated heterocycles. The zero-order valence-electron chi connectivity index (χ0n) is 11.3. The number of hydrogen-bond acceptors (Lipinski definition) is 2. The topological polar surface area (TPSA) is 20.3 Å². The van der Waals surface area contributed by atoms with E-state index in [1.165, 1.54) is 0 Å². The number of thioether (sulfide) groups is 1. The van der Waals surface area contributed by atoms with Crippen LogP contribution in [0.1, 0.15) is 27.7 Å². The van der Waals surface area contributed by atoms with Crippen molar-refractivity contribution >= 4 is 33.6 Å². The molecule has 0 radical (unpaired) electrons. The Balaban J connectivity index is 2.57. The lowest BCUT2D eigenvalue weighted by Gasteiger charge is -2.30. The Bertz CT molecular complexity index is 381. The van der Waals surface area contributed by atoms with Gasteiger partial charge in [0.1, 0.15) is 0 Å². The molecule has 0 aromatic heterocycles. The summed E-state index contributed by atoms with van der Waals surface area (Å²) in [6, 6.07) is 8.55. The minimum atomic E-state index is 0.202. The van der Waals surface area contributed by atoms with E-state index >= 15 is 0 Å². The third-order valence-electron chi connectivity index (χ3n) is 2.58. The van der Waals surface area contributed by atoms with Crippen LogP contribution < -0.4 is 0 Å². The molecule has 4 heteroatoms. The van der Waals surface area contributed by atoms with Gasteiger partial charge in [0, 0.05) is 21.5 Å². The highest BCUT2D eigenvalue weighted by Crippen LogP contribution is 2.21. The molecule has 0 N–H and O–H groups in total. The molecule has 0 fully saturated rings. The maximum absolute atomic E-state index is 12.2. The summed E-state index contributed by atoms with van der Waals surface area (Å²) in [6.45, 7) is 8.23. The number of nitrogens with zero attached hydrogens (tertiary/aromatic N) is 1. The SMILES string of the molecule is CC(C)N(C(=O)CSc1ccc(Br)cc1)C(C)C. The van der Waals surface area contributed by atoms with Crippen molar-refractivity contribution < 1.29 is 4.79 Å². The summed E-state index contributed by atoms with van der Waals surface area (Å²) >= 11 is 4.99. The van der Waals surface area contributed by atoms with Crippen molar-refractivity contribution in [3.05, 3.63) is 28.7 Å². The van der Waals surface area contributed by atoms with E-state index in [2.05, 4.69) is 43.6 Å². The van der Waals surface area contributed by atoms with Gasteiger partial charge in [-0.05, 0) is 52.0 Å². The molecule has 18 heavy (non-hydrogen) atoms. The molecular weight excluding hydrogens is 310 g/mol. The summed E-state index contributed by atoms with van der Waals surface area (Å²) in [4.78, 5) is 15.2. The van der Waals surface area contributed by atoms with Crippen LogP contribution in [0.5, 0.6) is 0 Å². The standard InChI is InChI=1S/C14H20BrNOS/c1-10(2)16(11(3)4)14(17)9-18-13-7-5-12(15)6-8-13/h5-8,10-11H,9H2,1-4H3. The minimum Gasteiger partial charge on any atom is -0.337 e. The van der Waals surface area contributed by atoms with Gasteiger partial charge in [-0.3, -0.25) is 4.79 Å². The smallest absolute Gasteiger partial charge is 0.233 e. The van der Waals surface area contributed by atoms with Crippen molar-refractivity contribution in [2.75, 3.05) is 5.75 Å². The Kier molecular flexibility index (Phi) is 6.22. The van der Waals surface area contributed by atoms with Crippen molar-refractivity contribution in [1.29, 1.82) is 0 Å². The Morgan fingerprint density at radius 1 is 1.17 bits per heavy atom. The Morgan fingerprint density at radius 2 is 1.67 bits per heavy atom. The Labute approximate surface area is 122 Å². The molecule has 0 aliphatic heterocycles. The van der Waals surface area contributed by atoms with E-state index in [1.54, 1.807) is 11.8 Å². The quantitative estimate of drug-likeness (QED) is 0.755. The molecule has 0 unspecified atom stereocenters. The van der Waals surface area contributed by atoms with Crippen molar-refractivity contribution in [2.45, 2.75) is 44.7 Å². The molecule has 0 bridgehead atoms. The summed E-state index contributed by atoms with van der Waals surface area (Å²) < 4.78 is 1.06. The van der Waals surface area contributed by atoms with E-state index in [0.29, 0.717) is 5.75 Å². The fourth-order valence-electron chi connectivity index (χ4n) is 1.92. The molecule has 1 aromatic rings. The zero-order chi connectivity index (χ0) is 13.7. The maximum atomic E-state index is 12.2. The number of rotatable bonds is 5. The first kappa shape index (κ1) is 15.6. The third kappa shape index (κ3) is 4.65. The van der Waals surface area contributed by atoms with Crippen LogP contribution in [0.15, 0.2) is 33.6 Å². The lowest BCUT2D eigenvalue weighted by molar-refractivity contribution is -0.131. The first-order valence-electron chi connectivity index (χ1n) is 6.11. The van der Waals surface area contributed by atoms with Crippen LogP contribution in [-0.4, -0.2) is 28.6 Å². The Hall–Kier alpha value is -0.480. The van der Waals surface area contributed by atoms with Gasteiger partial charge in [-0.1, -0.05) is 15.9 Å². The second kappa shape index (κ2) is 7.19. The number of halogens is 1. The molecule has 0 atom stereocenters. The van der Waals surface area contributed by atoms with E-state index in [0.717, 1.165) is 9.37 Å². The molecule has 2 nitrogen and oxygen atoms in total. The van der Waals surface area contributed by atoms with Crippen LogP contribution in [0.4, 0.5) is 0 Å². The van der Waals surface area contributed by atoms with Crippen LogP contribution in [0, 0.1) is 0 Å². The number of amides is 1. The van der Waals surface area contributed by atoms with Gasteiger partial charge in [-0.15, -0.1) is 11.8 Å². The van der Waals surface area contributed by atoms with Crippen molar-refractivity contribution in [3.8, 4) is 0 Å². The molecule has 1 aromatic carbocycles. The molecular formula is C14H20BrNOS. The summed E-state index contributed by atoms with van der Waals surface area (Å²) in [5, 5.41) is 0. The van der Waals surface area contributed by atoms with E-state index in [1.807, 2.05) is 29.2 Å². The van der Waals surface area contributed by atoms with E-state index < -0.39 is 0 Å². The summed E-state index contributed by atoms with van der Waals surface area (Å²) in [5.41, 5.74) is 0. The van der Waals surface area contributed by atoms with Crippen LogP contribution in [0.25, 0.3) is 0 Å². The lowest BCUT2D eigenvalue weighted by atomic mass is 10.2. The largest absolute Gasteiger partial charge is 0.337 e. The van der Waals surface area contributed by atoms with Crippen LogP contribution >= 0.6 is 27.7 Å². The molecule has 0 aliphatic rings. The lowest BCUT2D eigenvalue weighted by Crippen LogP contribution is -2.43. The van der Waals surface area contributed by atoms with Gasteiger partial charge >= 0.3 is 0 Å². The molecule has 0 spiro atoms. The second-order valence-corrected chi connectivity index (χ2v) is 6.70. The molecule has 1 amide bonds. The number of benzene rings is 1. The number of carbonyl (C=O) groups is 1. The highest BCUT2D eigenvalue weighted by atomic mass is 79.9. The minimum absolute atomic E-state index is 0.202.